The fraction of sp³-hybridized carbons (Fsp3) is 0.524. The van der Waals surface area contributed by atoms with Crippen LogP contribution in [-0.2, 0) is 15.6 Å². The molecule has 1 saturated heterocycles. The van der Waals surface area contributed by atoms with E-state index in [0.29, 0.717) is 17.2 Å². The molecule has 0 aliphatic carbocycles. The van der Waals surface area contributed by atoms with Crippen molar-refractivity contribution in [3.8, 4) is 5.75 Å². The molecule has 142 valence electrons. The molecule has 1 aliphatic rings. The standard InChI is InChI=1S/C21H29NO3S/c1-8-9-22-18(24)16(26-19(22)25)12-13-10-14(20(2,3)4)17(23)15(11-13)21(5,6)7/h10-12,23H,8-9H2,1-7H3/b16-12+. The molecule has 1 aliphatic heterocycles. The molecule has 0 radical (unpaired) electrons. The monoisotopic (exact) mass is 375 g/mol. The SMILES string of the molecule is CCCN1C(=O)S/C(=C/c2cc(C(C)(C)C)c(O)c(C(C)(C)C)c2)C1=O. The average Bonchev–Trinajstić information content (AvgIpc) is 2.74. The second kappa shape index (κ2) is 7.10. The fourth-order valence-electron chi connectivity index (χ4n) is 2.95. The Morgan fingerprint density at radius 1 is 1.04 bits per heavy atom. The zero-order valence-corrected chi connectivity index (χ0v) is 17.6. The van der Waals surface area contributed by atoms with E-state index >= 15 is 0 Å². The molecule has 1 heterocycles. The molecular weight excluding hydrogens is 346 g/mol. The van der Waals surface area contributed by atoms with Crippen molar-refractivity contribution in [1.82, 2.24) is 4.90 Å². The molecule has 1 fully saturated rings. The molecule has 1 aromatic carbocycles. The summed E-state index contributed by atoms with van der Waals surface area (Å²) >= 11 is 0.984. The Morgan fingerprint density at radius 3 is 1.96 bits per heavy atom. The lowest BCUT2D eigenvalue weighted by molar-refractivity contribution is -0.122. The van der Waals surface area contributed by atoms with Crippen molar-refractivity contribution < 1.29 is 14.7 Å². The Balaban J connectivity index is 2.57. The second-order valence-corrected chi connectivity index (χ2v) is 9.79. The number of rotatable bonds is 3. The first kappa shape index (κ1) is 20.6. The van der Waals surface area contributed by atoms with Gasteiger partial charge in [0.2, 0.25) is 0 Å². The molecule has 0 saturated carbocycles. The predicted molar refractivity (Wildman–Crippen MR) is 108 cm³/mol. The Morgan fingerprint density at radius 2 is 1.54 bits per heavy atom. The molecule has 26 heavy (non-hydrogen) atoms. The van der Waals surface area contributed by atoms with Crippen LogP contribution in [0.3, 0.4) is 0 Å². The summed E-state index contributed by atoms with van der Waals surface area (Å²) in [7, 11) is 0. The number of benzene rings is 1. The second-order valence-electron chi connectivity index (χ2n) is 8.80. The van der Waals surface area contributed by atoms with E-state index in [1.54, 1.807) is 6.08 Å². The van der Waals surface area contributed by atoms with Crippen molar-refractivity contribution >= 4 is 29.0 Å². The van der Waals surface area contributed by atoms with E-state index in [1.807, 2.05) is 60.6 Å². The van der Waals surface area contributed by atoms with Gasteiger partial charge in [-0.05, 0) is 52.8 Å². The number of carbonyl (C=O) groups excluding carboxylic acids is 2. The van der Waals surface area contributed by atoms with Crippen LogP contribution in [0.25, 0.3) is 6.08 Å². The van der Waals surface area contributed by atoms with Crippen molar-refractivity contribution in [3.63, 3.8) is 0 Å². The highest BCUT2D eigenvalue weighted by Gasteiger charge is 2.34. The van der Waals surface area contributed by atoms with Gasteiger partial charge in [0.15, 0.2) is 0 Å². The summed E-state index contributed by atoms with van der Waals surface area (Å²) in [6.45, 7) is 14.7. The third kappa shape index (κ3) is 4.14. The van der Waals surface area contributed by atoms with Gasteiger partial charge in [0.05, 0.1) is 4.91 Å². The summed E-state index contributed by atoms with van der Waals surface area (Å²) in [5, 5.41) is 10.6. The summed E-state index contributed by atoms with van der Waals surface area (Å²) in [5.74, 6) is 0.0748. The highest BCUT2D eigenvalue weighted by Crippen LogP contribution is 2.41. The number of amides is 2. The van der Waals surface area contributed by atoms with Crippen molar-refractivity contribution in [1.29, 1.82) is 0 Å². The van der Waals surface area contributed by atoms with Crippen LogP contribution in [0.15, 0.2) is 17.0 Å². The van der Waals surface area contributed by atoms with Crippen molar-refractivity contribution in [2.24, 2.45) is 0 Å². The van der Waals surface area contributed by atoms with Gasteiger partial charge in [-0.3, -0.25) is 14.5 Å². The number of hydrogen-bond acceptors (Lipinski definition) is 4. The number of hydrogen-bond donors (Lipinski definition) is 1. The summed E-state index contributed by atoms with van der Waals surface area (Å²) in [4.78, 5) is 26.3. The molecule has 4 nitrogen and oxygen atoms in total. The van der Waals surface area contributed by atoms with Gasteiger partial charge in [0.25, 0.3) is 11.1 Å². The van der Waals surface area contributed by atoms with Gasteiger partial charge in [-0.1, -0.05) is 48.5 Å². The summed E-state index contributed by atoms with van der Waals surface area (Å²) in [6.07, 6.45) is 2.51. The molecule has 0 bridgehead atoms. The van der Waals surface area contributed by atoms with Crippen molar-refractivity contribution in [2.45, 2.75) is 65.7 Å². The van der Waals surface area contributed by atoms with E-state index in [4.69, 9.17) is 0 Å². The third-order valence-corrected chi connectivity index (χ3v) is 5.27. The molecule has 5 heteroatoms. The minimum Gasteiger partial charge on any atom is -0.507 e. The maximum absolute atomic E-state index is 12.5. The summed E-state index contributed by atoms with van der Waals surface area (Å²) < 4.78 is 0. The van der Waals surface area contributed by atoms with E-state index in [-0.39, 0.29) is 22.0 Å². The van der Waals surface area contributed by atoms with E-state index in [9.17, 15) is 14.7 Å². The van der Waals surface area contributed by atoms with Gasteiger partial charge in [-0.15, -0.1) is 0 Å². The van der Waals surface area contributed by atoms with Gasteiger partial charge >= 0.3 is 0 Å². The molecule has 1 N–H and O–H groups in total. The van der Waals surface area contributed by atoms with Crippen LogP contribution in [-0.4, -0.2) is 27.7 Å². The van der Waals surface area contributed by atoms with Crippen LogP contribution >= 0.6 is 11.8 Å². The first-order valence-electron chi connectivity index (χ1n) is 8.99. The van der Waals surface area contributed by atoms with E-state index in [0.717, 1.165) is 34.9 Å². The van der Waals surface area contributed by atoms with Crippen LogP contribution in [0, 0.1) is 0 Å². The molecule has 0 unspecified atom stereocenters. The first-order valence-corrected chi connectivity index (χ1v) is 9.81. The lowest BCUT2D eigenvalue weighted by Gasteiger charge is -2.28. The molecule has 0 aromatic heterocycles. The number of carbonyl (C=O) groups is 2. The lowest BCUT2D eigenvalue weighted by atomic mass is 9.78. The number of phenolic OH excluding ortho intramolecular Hbond substituents is 1. The van der Waals surface area contributed by atoms with Crippen molar-refractivity contribution in [2.75, 3.05) is 6.54 Å². The quantitative estimate of drug-likeness (QED) is 0.715. The number of imide groups is 1. The zero-order chi connectivity index (χ0) is 19.9. The zero-order valence-electron chi connectivity index (χ0n) is 16.8. The Bertz CT molecular complexity index is 731. The Hall–Kier alpha value is -1.75. The first-order chi connectivity index (χ1) is 11.9. The lowest BCUT2D eigenvalue weighted by Crippen LogP contribution is -2.28. The van der Waals surface area contributed by atoms with Crippen LogP contribution in [0.5, 0.6) is 5.75 Å². The smallest absolute Gasteiger partial charge is 0.293 e. The highest BCUT2D eigenvalue weighted by atomic mass is 32.2. The van der Waals surface area contributed by atoms with Gasteiger partial charge < -0.3 is 5.11 Å². The number of thioether (sulfide) groups is 1. The van der Waals surface area contributed by atoms with E-state index in [1.165, 1.54) is 4.90 Å². The number of phenols is 1. The summed E-state index contributed by atoms with van der Waals surface area (Å²) in [6, 6.07) is 3.83. The van der Waals surface area contributed by atoms with Crippen molar-refractivity contribution in [3.05, 3.63) is 33.7 Å². The minimum atomic E-state index is -0.241. The largest absolute Gasteiger partial charge is 0.507 e. The van der Waals surface area contributed by atoms with Gasteiger partial charge in [0, 0.05) is 17.7 Å². The number of nitrogens with zero attached hydrogens (tertiary/aromatic N) is 1. The van der Waals surface area contributed by atoms with Crippen LogP contribution in [0.2, 0.25) is 0 Å². The average molecular weight is 376 g/mol. The van der Waals surface area contributed by atoms with E-state index < -0.39 is 0 Å². The van der Waals surface area contributed by atoms with Gasteiger partial charge in [0.1, 0.15) is 5.75 Å². The van der Waals surface area contributed by atoms with E-state index in [2.05, 4.69) is 0 Å². The van der Waals surface area contributed by atoms with Gasteiger partial charge in [-0.2, -0.15) is 0 Å². The Labute approximate surface area is 160 Å². The Kier molecular flexibility index (Phi) is 5.62. The summed E-state index contributed by atoms with van der Waals surface area (Å²) in [5.41, 5.74) is 2.03. The molecule has 0 spiro atoms. The maximum atomic E-state index is 12.5. The number of aromatic hydroxyl groups is 1. The molecule has 0 atom stereocenters. The maximum Gasteiger partial charge on any atom is 0.293 e. The molecular formula is C21H29NO3S. The molecule has 2 rings (SSSR count). The molecule has 1 aromatic rings. The van der Waals surface area contributed by atoms with Crippen LogP contribution in [0.4, 0.5) is 4.79 Å². The predicted octanol–water partition coefficient (Wildman–Crippen LogP) is 5.43. The topological polar surface area (TPSA) is 57.6 Å². The normalized spacial score (nSPS) is 17.5. The fourth-order valence-corrected chi connectivity index (χ4v) is 3.82. The third-order valence-electron chi connectivity index (χ3n) is 4.37. The minimum absolute atomic E-state index is 0.214. The van der Waals surface area contributed by atoms with Gasteiger partial charge in [-0.25, -0.2) is 0 Å². The highest BCUT2D eigenvalue weighted by molar-refractivity contribution is 8.18. The van der Waals surface area contributed by atoms with Crippen LogP contribution in [0.1, 0.15) is 71.6 Å². The molecule has 2 amide bonds. The van der Waals surface area contributed by atoms with Crippen LogP contribution < -0.4 is 0 Å².